The lowest BCUT2D eigenvalue weighted by atomic mass is 10.0. The Balaban J connectivity index is 1.47. The molecule has 32 heavy (non-hydrogen) atoms. The second-order valence-electron chi connectivity index (χ2n) is 7.93. The quantitative estimate of drug-likeness (QED) is 0.397. The van der Waals surface area contributed by atoms with Gasteiger partial charge in [0.1, 0.15) is 5.82 Å². The van der Waals surface area contributed by atoms with Gasteiger partial charge < -0.3 is 0 Å². The number of benzene rings is 3. The molecule has 0 fully saturated rings. The molecule has 3 aromatic carbocycles. The predicted octanol–water partition coefficient (Wildman–Crippen LogP) is 5.44. The van der Waals surface area contributed by atoms with E-state index in [2.05, 4.69) is 41.4 Å². The maximum Gasteiger partial charge on any atom is 0.242 e. The van der Waals surface area contributed by atoms with Gasteiger partial charge in [-0.05, 0) is 61.6 Å². The predicted molar refractivity (Wildman–Crippen MR) is 129 cm³/mol. The van der Waals surface area contributed by atoms with Crippen molar-refractivity contribution in [1.82, 2.24) is 14.8 Å². The first-order chi connectivity index (χ1) is 15.6. The van der Waals surface area contributed by atoms with E-state index in [0.29, 0.717) is 0 Å². The topological polar surface area (TPSA) is 51.0 Å². The van der Waals surface area contributed by atoms with Crippen LogP contribution < -0.4 is 4.90 Å². The normalized spacial score (nSPS) is 12.8. The molecule has 1 amide bonds. The van der Waals surface area contributed by atoms with Crippen LogP contribution in [0, 0.1) is 13.8 Å². The van der Waals surface area contributed by atoms with Crippen LogP contribution in [-0.4, -0.2) is 26.4 Å². The lowest BCUT2D eigenvalue weighted by molar-refractivity contribution is -0.115. The standard InChI is InChI=1S/C26H24N4OS/c1-18-9-3-6-12-22(18)29-19(2)27-28-26(29)32-17-25(31)30-23-13-7-4-10-20(23)15-16-21-11-5-8-14-24(21)30/h3-14H,15-17H2,1-2H3. The fraction of sp³-hybridized carbons (Fsp3) is 0.192. The largest absolute Gasteiger partial charge is 0.280 e. The first kappa shape index (κ1) is 20.5. The molecule has 4 aromatic rings. The summed E-state index contributed by atoms with van der Waals surface area (Å²) in [7, 11) is 0. The van der Waals surface area contributed by atoms with Crippen LogP contribution >= 0.6 is 11.8 Å². The van der Waals surface area contributed by atoms with E-state index in [0.717, 1.165) is 46.4 Å². The second kappa shape index (κ2) is 8.63. The van der Waals surface area contributed by atoms with Gasteiger partial charge in [0.2, 0.25) is 5.91 Å². The van der Waals surface area contributed by atoms with E-state index in [9.17, 15) is 4.79 Å². The highest BCUT2D eigenvalue weighted by Gasteiger charge is 2.26. The molecular weight excluding hydrogens is 416 g/mol. The number of fused-ring (bicyclic) bond motifs is 2. The van der Waals surface area contributed by atoms with E-state index >= 15 is 0 Å². The maximum atomic E-state index is 13.6. The summed E-state index contributed by atoms with van der Waals surface area (Å²) in [5, 5.41) is 9.36. The molecule has 1 aliphatic rings. The molecule has 1 aliphatic heterocycles. The van der Waals surface area contributed by atoms with Crippen LogP contribution in [0.2, 0.25) is 0 Å². The van der Waals surface area contributed by atoms with Crippen LogP contribution in [0.3, 0.4) is 0 Å². The number of hydrogen-bond donors (Lipinski definition) is 0. The molecule has 5 rings (SSSR count). The molecule has 0 unspecified atom stereocenters. The van der Waals surface area contributed by atoms with Gasteiger partial charge >= 0.3 is 0 Å². The first-order valence-corrected chi connectivity index (χ1v) is 11.7. The molecule has 160 valence electrons. The number of rotatable bonds is 4. The van der Waals surface area contributed by atoms with Gasteiger partial charge in [-0.15, -0.1) is 10.2 Å². The summed E-state index contributed by atoms with van der Waals surface area (Å²) in [5.74, 6) is 1.11. The van der Waals surface area contributed by atoms with Gasteiger partial charge in [-0.2, -0.15) is 0 Å². The highest BCUT2D eigenvalue weighted by molar-refractivity contribution is 7.99. The molecule has 0 aliphatic carbocycles. The number of aryl methyl sites for hydroxylation is 4. The number of aromatic nitrogens is 3. The number of para-hydroxylation sites is 3. The van der Waals surface area contributed by atoms with Crippen molar-refractivity contribution in [3.8, 4) is 5.69 Å². The second-order valence-corrected chi connectivity index (χ2v) is 8.87. The van der Waals surface area contributed by atoms with Gasteiger partial charge in [-0.25, -0.2) is 0 Å². The van der Waals surface area contributed by atoms with Crippen molar-refractivity contribution in [2.24, 2.45) is 0 Å². The summed E-state index contributed by atoms with van der Waals surface area (Å²) < 4.78 is 2.03. The lowest BCUT2D eigenvalue weighted by Gasteiger charge is -2.25. The van der Waals surface area contributed by atoms with Crippen LogP contribution in [0.4, 0.5) is 11.4 Å². The highest BCUT2D eigenvalue weighted by Crippen LogP contribution is 2.37. The summed E-state index contributed by atoms with van der Waals surface area (Å²) in [6, 6.07) is 24.5. The van der Waals surface area contributed by atoms with Gasteiger partial charge in [0.15, 0.2) is 5.16 Å². The number of thioether (sulfide) groups is 1. The van der Waals surface area contributed by atoms with E-state index in [-0.39, 0.29) is 11.7 Å². The summed E-state index contributed by atoms with van der Waals surface area (Å²) in [4.78, 5) is 15.5. The number of amides is 1. The molecule has 5 nitrogen and oxygen atoms in total. The number of anilines is 2. The zero-order valence-electron chi connectivity index (χ0n) is 18.2. The minimum Gasteiger partial charge on any atom is -0.280 e. The molecule has 0 spiro atoms. The minimum atomic E-state index is 0.0359. The van der Waals surface area contributed by atoms with Crippen LogP contribution in [0.25, 0.3) is 5.69 Å². The zero-order chi connectivity index (χ0) is 22.1. The van der Waals surface area contributed by atoms with Gasteiger partial charge in [-0.1, -0.05) is 66.4 Å². The molecule has 0 radical (unpaired) electrons. The van der Waals surface area contributed by atoms with E-state index in [4.69, 9.17) is 0 Å². The van der Waals surface area contributed by atoms with Gasteiger partial charge in [0, 0.05) is 0 Å². The van der Waals surface area contributed by atoms with E-state index < -0.39 is 0 Å². The van der Waals surface area contributed by atoms with Crippen LogP contribution in [0.1, 0.15) is 22.5 Å². The van der Waals surface area contributed by atoms with Crippen molar-refractivity contribution >= 4 is 29.0 Å². The Hall–Kier alpha value is -3.38. The van der Waals surface area contributed by atoms with Crippen molar-refractivity contribution in [1.29, 1.82) is 0 Å². The molecule has 1 aromatic heterocycles. The maximum absolute atomic E-state index is 13.6. The van der Waals surface area contributed by atoms with Crippen molar-refractivity contribution in [2.75, 3.05) is 10.7 Å². The smallest absolute Gasteiger partial charge is 0.242 e. The molecule has 0 saturated carbocycles. The third-order valence-corrected chi connectivity index (χ3v) is 6.77. The number of carbonyl (C=O) groups excluding carboxylic acids is 1. The lowest BCUT2D eigenvalue weighted by Crippen LogP contribution is -2.28. The molecule has 0 saturated heterocycles. The van der Waals surface area contributed by atoms with Crippen molar-refractivity contribution in [2.45, 2.75) is 31.8 Å². The van der Waals surface area contributed by atoms with Crippen molar-refractivity contribution in [3.05, 3.63) is 95.3 Å². The summed E-state index contributed by atoms with van der Waals surface area (Å²) in [6.45, 7) is 4.01. The van der Waals surface area contributed by atoms with Crippen molar-refractivity contribution in [3.63, 3.8) is 0 Å². The molecular formula is C26H24N4OS. The fourth-order valence-electron chi connectivity index (χ4n) is 4.27. The zero-order valence-corrected chi connectivity index (χ0v) is 19.0. The Morgan fingerprint density at radius 1 is 0.812 bits per heavy atom. The van der Waals surface area contributed by atoms with E-state index in [1.807, 2.05) is 64.9 Å². The van der Waals surface area contributed by atoms with Crippen LogP contribution in [0.15, 0.2) is 78.0 Å². The third kappa shape index (κ3) is 3.71. The molecule has 0 N–H and O–H groups in total. The SMILES string of the molecule is Cc1ccccc1-n1c(C)nnc1SCC(=O)N1c2ccccc2CCc2ccccc21. The molecule has 2 heterocycles. The number of carbonyl (C=O) groups is 1. The summed E-state index contributed by atoms with van der Waals surface area (Å²) >= 11 is 1.43. The average molecular weight is 441 g/mol. The Morgan fingerprint density at radius 2 is 1.38 bits per heavy atom. The Bertz CT molecular complexity index is 1250. The Morgan fingerprint density at radius 3 is 2.00 bits per heavy atom. The summed E-state index contributed by atoms with van der Waals surface area (Å²) in [5.41, 5.74) is 6.51. The average Bonchev–Trinajstić information content (AvgIpc) is 3.08. The van der Waals surface area contributed by atoms with E-state index in [1.165, 1.54) is 22.9 Å². The minimum absolute atomic E-state index is 0.0359. The summed E-state index contributed by atoms with van der Waals surface area (Å²) in [6.07, 6.45) is 1.84. The van der Waals surface area contributed by atoms with Gasteiger partial charge in [-0.3, -0.25) is 14.3 Å². The van der Waals surface area contributed by atoms with Gasteiger partial charge in [0.05, 0.1) is 22.8 Å². The molecule has 0 bridgehead atoms. The highest BCUT2D eigenvalue weighted by atomic mass is 32.2. The molecule has 6 heteroatoms. The monoisotopic (exact) mass is 440 g/mol. The Labute approximate surface area is 192 Å². The fourth-order valence-corrected chi connectivity index (χ4v) is 5.11. The number of nitrogens with zero attached hydrogens (tertiary/aromatic N) is 4. The molecule has 0 atom stereocenters. The number of hydrogen-bond acceptors (Lipinski definition) is 4. The first-order valence-electron chi connectivity index (χ1n) is 10.7. The van der Waals surface area contributed by atoms with Crippen molar-refractivity contribution < 1.29 is 4.79 Å². The van der Waals surface area contributed by atoms with Crippen LogP contribution in [-0.2, 0) is 17.6 Å². The Kier molecular flexibility index (Phi) is 5.53. The van der Waals surface area contributed by atoms with Crippen LogP contribution in [0.5, 0.6) is 0 Å². The van der Waals surface area contributed by atoms with E-state index in [1.54, 1.807) is 0 Å². The third-order valence-electron chi connectivity index (χ3n) is 5.85. The van der Waals surface area contributed by atoms with Gasteiger partial charge in [0.25, 0.3) is 0 Å².